The molecule has 0 aliphatic carbocycles. The van der Waals surface area contributed by atoms with Gasteiger partial charge in [0, 0.05) is 35.4 Å². The van der Waals surface area contributed by atoms with Gasteiger partial charge in [-0.25, -0.2) is 0 Å². The fourth-order valence-electron chi connectivity index (χ4n) is 1.57. The van der Waals surface area contributed by atoms with Gasteiger partial charge in [0.25, 0.3) is 0 Å². The summed E-state index contributed by atoms with van der Waals surface area (Å²) >= 11 is 0. The Labute approximate surface area is 92.0 Å². The third kappa shape index (κ3) is 3.04. The molecule has 0 bridgehead atoms. The predicted molar refractivity (Wildman–Crippen MR) is 61.2 cm³/mol. The molecule has 15 heavy (non-hydrogen) atoms. The minimum Gasteiger partial charge on any atom is -0.508 e. The van der Waals surface area contributed by atoms with Crippen LogP contribution in [0.25, 0.3) is 0 Å². The topological polar surface area (TPSA) is 49.3 Å². The second-order valence-electron chi connectivity index (χ2n) is 3.94. The first kappa shape index (κ1) is 10.6. The lowest BCUT2D eigenvalue weighted by Gasteiger charge is -2.26. The van der Waals surface area contributed by atoms with Crippen molar-refractivity contribution in [1.82, 2.24) is 5.32 Å². The first-order valence-corrected chi connectivity index (χ1v) is 6.56. The maximum Gasteiger partial charge on any atom is 0.115 e. The van der Waals surface area contributed by atoms with Crippen LogP contribution >= 0.6 is 0 Å². The molecule has 1 atom stereocenters. The van der Waals surface area contributed by atoms with Crippen LogP contribution in [0.15, 0.2) is 24.3 Å². The molecule has 1 aromatic rings. The largest absolute Gasteiger partial charge is 0.508 e. The van der Waals surface area contributed by atoms with Gasteiger partial charge in [-0.05, 0) is 23.6 Å². The average Bonchev–Trinajstić information content (AvgIpc) is 2.16. The van der Waals surface area contributed by atoms with Crippen LogP contribution in [-0.2, 0) is 16.6 Å². The van der Waals surface area contributed by atoms with Crippen LogP contribution in [0.1, 0.15) is 5.56 Å². The summed E-state index contributed by atoms with van der Waals surface area (Å²) in [4.78, 5) is 0. The van der Waals surface area contributed by atoms with Crippen LogP contribution in [0.5, 0.6) is 5.75 Å². The first-order chi connectivity index (χ1) is 7.24. The lowest BCUT2D eigenvalue weighted by Crippen LogP contribution is -2.44. The van der Waals surface area contributed by atoms with Crippen LogP contribution in [0.3, 0.4) is 0 Å². The SMILES string of the molecule is O=S(Cc1ccc(O)cc1)CC1CNC1. The predicted octanol–water partition coefficient (Wildman–Crippen LogP) is 0.860. The monoisotopic (exact) mass is 225 g/mol. The molecule has 0 saturated carbocycles. The molecule has 1 aliphatic rings. The fraction of sp³-hybridized carbons (Fsp3) is 0.455. The number of aromatic hydroxyl groups is 1. The van der Waals surface area contributed by atoms with Crippen molar-refractivity contribution < 1.29 is 9.32 Å². The highest BCUT2D eigenvalue weighted by molar-refractivity contribution is 7.84. The molecule has 1 unspecified atom stereocenters. The maximum atomic E-state index is 11.7. The van der Waals surface area contributed by atoms with Crippen molar-refractivity contribution in [2.24, 2.45) is 5.92 Å². The van der Waals surface area contributed by atoms with Crippen LogP contribution in [0.2, 0.25) is 0 Å². The Morgan fingerprint density at radius 1 is 1.33 bits per heavy atom. The number of hydrogen-bond donors (Lipinski definition) is 2. The van der Waals surface area contributed by atoms with Gasteiger partial charge in [0.05, 0.1) is 0 Å². The second-order valence-corrected chi connectivity index (χ2v) is 5.44. The van der Waals surface area contributed by atoms with Gasteiger partial charge >= 0.3 is 0 Å². The summed E-state index contributed by atoms with van der Waals surface area (Å²) in [6.07, 6.45) is 0. The highest BCUT2D eigenvalue weighted by Gasteiger charge is 2.19. The average molecular weight is 225 g/mol. The van der Waals surface area contributed by atoms with Gasteiger partial charge in [-0.3, -0.25) is 4.21 Å². The molecule has 0 aromatic heterocycles. The molecule has 3 nitrogen and oxygen atoms in total. The van der Waals surface area contributed by atoms with Gasteiger partial charge in [0.2, 0.25) is 0 Å². The summed E-state index contributed by atoms with van der Waals surface area (Å²) in [5.74, 6) is 2.22. The highest BCUT2D eigenvalue weighted by Crippen LogP contribution is 2.13. The second kappa shape index (κ2) is 4.77. The molecule has 4 heteroatoms. The Balaban J connectivity index is 1.84. The molecular formula is C11H15NO2S. The summed E-state index contributed by atoms with van der Waals surface area (Å²) in [7, 11) is -0.778. The van der Waals surface area contributed by atoms with Crippen molar-refractivity contribution in [3.8, 4) is 5.75 Å². The van der Waals surface area contributed by atoms with E-state index < -0.39 is 10.8 Å². The molecular weight excluding hydrogens is 210 g/mol. The molecule has 82 valence electrons. The van der Waals surface area contributed by atoms with Crippen molar-refractivity contribution in [2.75, 3.05) is 18.8 Å². The van der Waals surface area contributed by atoms with E-state index in [0.29, 0.717) is 11.7 Å². The minimum atomic E-state index is -0.778. The highest BCUT2D eigenvalue weighted by atomic mass is 32.2. The van der Waals surface area contributed by atoms with Crippen molar-refractivity contribution in [1.29, 1.82) is 0 Å². The summed E-state index contributed by atoms with van der Waals surface area (Å²) in [5, 5.41) is 12.3. The summed E-state index contributed by atoms with van der Waals surface area (Å²) in [6.45, 7) is 2.00. The molecule has 1 heterocycles. The number of benzene rings is 1. The van der Waals surface area contributed by atoms with Crippen LogP contribution in [-0.4, -0.2) is 28.2 Å². The van der Waals surface area contributed by atoms with E-state index in [1.807, 2.05) is 12.1 Å². The normalized spacial score (nSPS) is 18.4. The molecule has 1 saturated heterocycles. The van der Waals surface area contributed by atoms with Crippen molar-refractivity contribution in [2.45, 2.75) is 5.75 Å². The molecule has 1 fully saturated rings. The molecule has 0 spiro atoms. The summed E-state index contributed by atoms with van der Waals surface area (Å²) in [5.41, 5.74) is 1.03. The van der Waals surface area contributed by atoms with Gasteiger partial charge in [-0.1, -0.05) is 12.1 Å². The number of nitrogens with one attached hydrogen (secondary N) is 1. The third-order valence-electron chi connectivity index (χ3n) is 2.55. The van der Waals surface area contributed by atoms with E-state index in [-0.39, 0.29) is 5.75 Å². The smallest absolute Gasteiger partial charge is 0.115 e. The zero-order valence-corrected chi connectivity index (χ0v) is 9.30. The van der Waals surface area contributed by atoms with Gasteiger partial charge < -0.3 is 10.4 Å². The zero-order chi connectivity index (χ0) is 10.7. The first-order valence-electron chi connectivity index (χ1n) is 5.07. The summed E-state index contributed by atoms with van der Waals surface area (Å²) in [6, 6.07) is 6.92. The van der Waals surface area contributed by atoms with E-state index in [2.05, 4.69) is 5.32 Å². The van der Waals surface area contributed by atoms with E-state index in [0.717, 1.165) is 24.4 Å². The quantitative estimate of drug-likeness (QED) is 0.799. The number of phenolic OH excluding ortho intramolecular Hbond substituents is 1. The third-order valence-corrected chi connectivity index (χ3v) is 4.05. The van der Waals surface area contributed by atoms with Gasteiger partial charge in [0.15, 0.2) is 0 Å². The zero-order valence-electron chi connectivity index (χ0n) is 8.48. The molecule has 1 aliphatic heterocycles. The number of phenols is 1. The molecule has 2 N–H and O–H groups in total. The van der Waals surface area contributed by atoms with E-state index >= 15 is 0 Å². The van der Waals surface area contributed by atoms with Gasteiger partial charge in [0.1, 0.15) is 5.75 Å². The fourth-order valence-corrected chi connectivity index (χ4v) is 3.01. The Hall–Kier alpha value is -0.870. The Bertz CT molecular complexity index is 346. The van der Waals surface area contributed by atoms with E-state index in [9.17, 15) is 4.21 Å². The maximum absolute atomic E-state index is 11.7. The van der Waals surface area contributed by atoms with Crippen molar-refractivity contribution >= 4 is 10.8 Å². The van der Waals surface area contributed by atoms with Crippen molar-refractivity contribution in [3.63, 3.8) is 0 Å². The molecule has 0 amide bonds. The van der Waals surface area contributed by atoms with Gasteiger partial charge in [-0.2, -0.15) is 0 Å². The minimum absolute atomic E-state index is 0.257. The molecule has 2 rings (SSSR count). The summed E-state index contributed by atoms with van der Waals surface area (Å²) < 4.78 is 11.7. The van der Waals surface area contributed by atoms with Crippen LogP contribution in [0, 0.1) is 5.92 Å². The van der Waals surface area contributed by atoms with Gasteiger partial charge in [-0.15, -0.1) is 0 Å². The van der Waals surface area contributed by atoms with E-state index in [4.69, 9.17) is 5.11 Å². The lowest BCUT2D eigenvalue weighted by molar-refractivity contribution is 0.382. The van der Waals surface area contributed by atoms with Crippen molar-refractivity contribution in [3.05, 3.63) is 29.8 Å². The molecule has 1 aromatic carbocycles. The molecule has 0 radical (unpaired) electrons. The number of hydrogen-bond acceptors (Lipinski definition) is 3. The van der Waals surface area contributed by atoms with E-state index in [1.165, 1.54) is 0 Å². The standard InChI is InChI=1S/C11H15NO2S/c13-11-3-1-9(2-4-11)7-15(14)8-10-5-12-6-10/h1-4,10,12-13H,5-8H2. The Kier molecular flexibility index (Phi) is 3.38. The Morgan fingerprint density at radius 2 is 2.00 bits per heavy atom. The number of rotatable bonds is 4. The van der Waals surface area contributed by atoms with Crippen LogP contribution < -0.4 is 5.32 Å². The lowest BCUT2D eigenvalue weighted by atomic mass is 10.1. The van der Waals surface area contributed by atoms with E-state index in [1.54, 1.807) is 12.1 Å². The Morgan fingerprint density at radius 3 is 2.53 bits per heavy atom. The van der Waals surface area contributed by atoms with Crippen LogP contribution in [0.4, 0.5) is 0 Å².